The third-order valence-corrected chi connectivity index (χ3v) is 2.75. The first-order chi connectivity index (χ1) is 8.13. The van der Waals surface area contributed by atoms with Gasteiger partial charge in [-0.1, -0.05) is 6.07 Å². The number of nitrogens with zero attached hydrogens (tertiary/aromatic N) is 1. The minimum atomic E-state index is -0.404. The molecule has 2 amide bonds. The summed E-state index contributed by atoms with van der Waals surface area (Å²) in [6, 6.07) is 6.80. The maximum Gasteiger partial charge on any atom is 0.337 e. The van der Waals surface area contributed by atoms with Crippen LogP contribution in [-0.2, 0) is 4.74 Å². The summed E-state index contributed by atoms with van der Waals surface area (Å²) in [6.45, 7) is 2.56. The molecule has 0 radical (unpaired) electrons. The van der Waals surface area contributed by atoms with E-state index in [9.17, 15) is 9.59 Å². The number of rotatable bonds is 2. The average molecular weight is 234 g/mol. The van der Waals surface area contributed by atoms with E-state index in [1.165, 1.54) is 7.11 Å². The van der Waals surface area contributed by atoms with Crippen molar-refractivity contribution in [3.63, 3.8) is 0 Å². The van der Waals surface area contributed by atoms with Gasteiger partial charge in [0, 0.05) is 12.2 Å². The molecule has 1 N–H and O–H groups in total. The smallest absolute Gasteiger partial charge is 0.337 e. The van der Waals surface area contributed by atoms with Gasteiger partial charge in [-0.2, -0.15) is 0 Å². The number of benzene rings is 1. The topological polar surface area (TPSA) is 58.6 Å². The number of carbonyl (C=O) groups is 2. The molecule has 1 aliphatic rings. The first-order valence-corrected chi connectivity index (χ1v) is 5.39. The number of methoxy groups -OCH3 is 1. The Kier molecular flexibility index (Phi) is 2.99. The minimum Gasteiger partial charge on any atom is -0.465 e. The quantitative estimate of drug-likeness (QED) is 0.787. The third-order valence-electron chi connectivity index (χ3n) is 2.75. The van der Waals surface area contributed by atoms with E-state index in [2.05, 4.69) is 10.1 Å². The van der Waals surface area contributed by atoms with Crippen LogP contribution in [-0.4, -0.2) is 31.7 Å². The van der Waals surface area contributed by atoms with E-state index in [0.717, 1.165) is 0 Å². The molecule has 0 aromatic heterocycles. The Morgan fingerprint density at radius 1 is 1.53 bits per heavy atom. The molecule has 2 rings (SSSR count). The van der Waals surface area contributed by atoms with Gasteiger partial charge in [0.25, 0.3) is 0 Å². The summed E-state index contributed by atoms with van der Waals surface area (Å²) in [5, 5.41) is 2.75. The van der Waals surface area contributed by atoms with Crippen LogP contribution >= 0.6 is 0 Å². The molecule has 0 spiro atoms. The highest BCUT2D eigenvalue weighted by molar-refractivity contribution is 5.97. The molecule has 0 unspecified atom stereocenters. The molecule has 5 nitrogen and oxygen atoms in total. The lowest BCUT2D eigenvalue weighted by Gasteiger charge is -2.20. The van der Waals surface area contributed by atoms with Gasteiger partial charge < -0.3 is 10.1 Å². The van der Waals surface area contributed by atoms with E-state index in [4.69, 9.17) is 0 Å². The number of ether oxygens (including phenoxy) is 1. The Labute approximate surface area is 99.4 Å². The monoisotopic (exact) mass is 234 g/mol. The average Bonchev–Trinajstić information content (AvgIpc) is 2.68. The number of hydrogen-bond acceptors (Lipinski definition) is 3. The normalized spacial score (nSPS) is 19.1. The molecule has 5 heteroatoms. The zero-order valence-electron chi connectivity index (χ0n) is 9.77. The van der Waals surface area contributed by atoms with E-state index in [1.807, 2.05) is 6.92 Å². The van der Waals surface area contributed by atoms with Gasteiger partial charge in [-0.15, -0.1) is 0 Å². The largest absolute Gasteiger partial charge is 0.465 e. The number of esters is 1. The molecule has 17 heavy (non-hydrogen) atoms. The van der Waals surface area contributed by atoms with Crippen molar-refractivity contribution < 1.29 is 14.3 Å². The van der Waals surface area contributed by atoms with Crippen molar-refractivity contribution in [1.29, 1.82) is 0 Å². The maximum atomic E-state index is 11.6. The number of anilines is 1. The number of hydrogen-bond donors (Lipinski definition) is 1. The Balaban J connectivity index is 2.33. The van der Waals surface area contributed by atoms with E-state index in [-0.39, 0.29) is 12.1 Å². The summed E-state index contributed by atoms with van der Waals surface area (Å²) in [7, 11) is 1.33. The molecule has 1 saturated heterocycles. The van der Waals surface area contributed by atoms with E-state index >= 15 is 0 Å². The van der Waals surface area contributed by atoms with Gasteiger partial charge in [-0.3, -0.25) is 4.90 Å². The molecular weight excluding hydrogens is 220 g/mol. The number of carbonyl (C=O) groups excluding carboxylic acids is 2. The zero-order valence-corrected chi connectivity index (χ0v) is 9.77. The van der Waals surface area contributed by atoms with Crippen LogP contribution in [0.15, 0.2) is 24.3 Å². The van der Waals surface area contributed by atoms with Gasteiger partial charge in [0.1, 0.15) is 0 Å². The standard InChI is InChI=1S/C12H14N2O3/c1-8-7-13-12(16)14(8)10-5-3-4-9(6-10)11(15)17-2/h3-6,8H,7H2,1-2H3,(H,13,16)/t8-/m0/s1. The SMILES string of the molecule is COC(=O)c1cccc(N2C(=O)NC[C@@H]2C)c1. The van der Waals surface area contributed by atoms with Gasteiger partial charge in [-0.25, -0.2) is 9.59 Å². The van der Waals surface area contributed by atoms with Gasteiger partial charge in [0.05, 0.1) is 18.7 Å². The predicted molar refractivity (Wildman–Crippen MR) is 63.1 cm³/mol. The number of amides is 2. The van der Waals surface area contributed by atoms with Crippen LogP contribution in [0.3, 0.4) is 0 Å². The number of nitrogens with one attached hydrogen (secondary N) is 1. The molecule has 0 aliphatic carbocycles. The van der Waals surface area contributed by atoms with Crippen molar-refractivity contribution in [2.24, 2.45) is 0 Å². The Morgan fingerprint density at radius 3 is 2.88 bits per heavy atom. The predicted octanol–water partition coefficient (Wildman–Crippen LogP) is 1.39. The Morgan fingerprint density at radius 2 is 2.29 bits per heavy atom. The van der Waals surface area contributed by atoms with Crippen molar-refractivity contribution in [2.45, 2.75) is 13.0 Å². The molecule has 1 heterocycles. The molecule has 1 aromatic rings. The molecule has 90 valence electrons. The van der Waals surface area contributed by atoms with Crippen LogP contribution in [0.2, 0.25) is 0 Å². The van der Waals surface area contributed by atoms with E-state index in [1.54, 1.807) is 29.2 Å². The lowest BCUT2D eigenvalue weighted by atomic mass is 10.1. The highest BCUT2D eigenvalue weighted by atomic mass is 16.5. The minimum absolute atomic E-state index is 0.0791. The van der Waals surface area contributed by atoms with Crippen LogP contribution in [0.25, 0.3) is 0 Å². The van der Waals surface area contributed by atoms with Crippen LogP contribution < -0.4 is 10.2 Å². The van der Waals surface area contributed by atoms with Crippen LogP contribution in [0.5, 0.6) is 0 Å². The highest BCUT2D eigenvalue weighted by Gasteiger charge is 2.28. The van der Waals surface area contributed by atoms with Crippen molar-refractivity contribution in [1.82, 2.24) is 5.32 Å². The van der Waals surface area contributed by atoms with Gasteiger partial charge in [-0.05, 0) is 25.1 Å². The number of urea groups is 1. The second kappa shape index (κ2) is 4.45. The summed E-state index contributed by atoms with van der Waals surface area (Å²) < 4.78 is 4.65. The van der Waals surface area contributed by atoms with Crippen LogP contribution in [0.4, 0.5) is 10.5 Å². The fourth-order valence-corrected chi connectivity index (χ4v) is 1.88. The lowest BCUT2D eigenvalue weighted by molar-refractivity contribution is 0.0600. The molecule has 1 fully saturated rings. The maximum absolute atomic E-state index is 11.6. The second-order valence-corrected chi connectivity index (χ2v) is 3.95. The second-order valence-electron chi connectivity index (χ2n) is 3.95. The summed E-state index contributed by atoms with van der Waals surface area (Å²) in [6.07, 6.45) is 0. The van der Waals surface area contributed by atoms with Crippen LogP contribution in [0.1, 0.15) is 17.3 Å². The molecule has 1 aliphatic heterocycles. The van der Waals surface area contributed by atoms with Crippen LogP contribution in [0, 0.1) is 0 Å². The third kappa shape index (κ3) is 2.08. The molecular formula is C12H14N2O3. The molecule has 1 atom stereocenters. The molecule has 0 saturated carbocycles. The summed E-state index contributed by atoms with van der Waals surface area (Å²) >= 11 is 0. The fraction of sp³-hybridized carbons (Fsp3) is 0.333. The fourth-order valence-electron chi connectivity index (χ4n) is 1.88. The van der Waals surface area contributed by atoms with Crippen molar-refractivity contribution in [3.8, 4) is 0 Å². The van der Waals surface area contributed by atoms with Crippen molar-refractivity contribution in [3.05, 3.63) is 29.8 Å². The summed E-state index contributed by atoms with van der Waals surface area (Å²) in [5.41, 5.74) is 1.15. The summed E-state index contributed by atoms with van der Waals surface area (Å²) in [4.78, 5) is 24.7. The first-order valence-electron chi connectivity index (χ1n) is 5.39. The highest BCUT2D eigenvalue weighted by Crippen LogP contribution is 2.21. The Bertz CT molecular complexity index is 459. The van der Waals surface area contributed by atoms with E-state index in [0.29, 0.717) is 17.8 Å². The molecule has 1 aromatic carbocycles. The zero-order chi connectivity index (χ0) is 12.4. The van der Waals surface area contributed by atoms with Crippen molar-refractivity contribution in [2.75, 3.05) is 18.6 Å². The Hall–Kier alpha value is -2.04. The van der Waals surface area contributed by atoms with E-state index < -0.39 is 5.97 Å². The van der Waals surface area contributed by atoms with Gasteiger partial charge in [0.2, 0.25) is 0 Å². The van der Waals surface area contributed by atoms with Crippen molar-refractivity contribution >= 4 is 17.7 Å². The summed E-state index contributed by atoms with van der Waals surface area (Å²) in [5.74, 6) is -0.404. The molecule has 0 bridgehead atoms. The van der Waals surface area contributed by atoms with Gasteiger partial charge >= 0.3 is 12.0 Å². The first kappa shape index (κ1) is 11.4. The van der Waals surface area contributed by atoms with Gasteiger partial charge in [0.15, 0.2) is 0 Å². The lowest BCUT2D eigenvalue weighted by Crippen LogP contribution is -2.32.